The van der Waals surface area contributed by atoms with E-state index in [1.807, 2.05) is 0 Å². The Hall–Kier alpha value is 0.354. The molecule has 0 saturated heterocycles. The van der Waals surface area contributed by atoms with Gasteiger partial charge in [0.15, 0.2) is 16.6 Å². The van der Waals surface area contributed by atoms with E-state index in [0.717, 1.165) is 26.1 Å². The molecule has 0 fully saturated rings. The molecule has 86 valence electrons. The number of hydrogen-bond donors (Lipinski definition) is 0. The van der Waals surface area contributed by atoms with Gasteiger partial charge in [-0.1, -0.05) is 0 Å². The van der Waals surface area contributed by atoms with Gasteiger partial charge in [0.2, 0.25) is 0 Å². The number of rotatable bonds is 7. The molecule has 0 unspecified atom stereocenters. The van der Waals surface area contributed by atoms with Crippen LogP contribution in [0.3, 0.4) is 0 Å². The fourth-order valence-corrected chi connectivity index (χ4v) is 2.47. The SMILES string of the molecule is C[Si](C)(C)OCCCCO[Si](C)(C)C. The lowest BCUT2D eigenvalue weighted by atomic mass is 10.3. The molecule has 0 aromatic heterocycles. The average molecular weight is 234 g/mol. The molecule has 0 aliphatic heterocycles. The van der Waals surface area contributed by atoms with Gasteiger partial charge in [-0.3, -0.25) is 0 Å². The lowest BCUT2D eigenvalue weighted by Gasteiger charge is -2.19. The van der Waals surface area contributed by atoms with Crippen LogP contribution in [0.1, 0.15) is 12.8 Å². The van der Waals surface area contributed by atoms with E-state index in [4.69, 9.17) is 8.85 Å². The first kappa shape index (κ1) is 14.4. The van der Waals surface area contributed by atoms with Gasteiger partial charge in [0.25, 0.3) is 0 Å². The molecule has 0 aromatic rings. The van der Waals surface area contributed by atoms with Gasteiger partial charge in [0.05, 0.1) is 0 Å². The van der Waals surface area contributed by atoms with E-state index in [9.17, 15) is 0 Å². The molecular weight excluding hydrogens is 208 g/mol. The maximum atomic E-state index is 5.76. The third-order valence-electron chi connectivity index (χ3n) is 1.61. The predicted molar refractivity (Wildman–Crippen MR) is 67.8 cm³/mol. The first-order valence-corrected chi connectivity index (χ1v) is 12.3. The van der Waals surface area contributed by atoms with E-state index in [1.54, 1.807) is 0 Å². The summed E-state index contributed by atoms with van der Waals surface area (Å²) in [5.74, 6) is 0. The first-order valence-electron chi connectivity index (χ1n) is 5.49. The van der Waals surface area contributed by atoms with Crippen molar-refractivity contribution in [2.45, 2.75) is 52.1 Å². The molecule has 0 spiro atoms. The summed E-state index contributed by atoms with van der Waals surface area (Å²) in [7, 11) is -2.57. The fraction of sp³-hybridized carbons (Fsp3) is 1.00. The Labute approximate surface area is 91.3 Å². The van der Waals surface area contributed by atoms with Crippen LogP contribution in [-0.2, 0) is 8.85 Å². The molecule has 2 nitrogen and oxygen atoms in total. The molecule has 0 aliphatic rings. The molecule has 14 heavy (non-hydrogen) atoms. The first-order chi connectivity index (χ1) is 6.21. The van der Waals surface area contributed by atoms with Crippen LogP contribution in [0, 0.1) is 0 Å². The van der Waals surface area contributed by atoms with Crippen molar-refractivity contribution in [3.05, 3.63) is 0 Å². The van der Waals surface area contributed by atoms with E-state index in [1.165, 1.54) is 0 Å². The highest BCUT2D eigenvalue weighted by Crippen LogP contribution is 2.06. The van der Waals surface area contributed by atoms with Gasteiger partial charge in [-0.05, 0) is 52.1 Å². The lowest BCUT2D eigenvalue weighted by Crippen LogP contribution is -2.27. The predicted octanol–water partition coefficient (Wildman–Crippen LogP) is 3.47. The Morgan fingerprint density at radius 2 is 0.929 bits per heavy atom. The second kappa shape index (κ2) is 6.05. The Balaban J connectivity index is 3.23. The largest absolute Gasteiger partial charge is 0.418 e. The summed E-state index contributed by atoms with van der Waals surface area (Å²) >= 11 is 0. The van der Waals surface area contributed by atoms with Crippen LogP contribution in [0.4, 0.5) is 0 Å². The third-order valence-corrected chi connectivity index (χ3v) is 3.75. The molecule has 4 heteroatoms. The van der Waals surface area contributed by atoms with E-state index in [2.05, 4.69) is 39.3 Å². The van der Waals surface area contributed by atoms with Crippen molar-refractivity contribution in [3.63, 3.8) is 0 Å². The van der Waals surface area contributed by atoms with E-state index in [-0.39, 0.29) is 0 Å². The van der Waals surface area contributed by atoms with Crippen molar-refractivity contribution >= 4 is 16.6 Å². The van der Waals surface area contributed by atoms with Crippen molar-refractivity contribution in [1.29, 1.82) is 0 Å². The number of hydrogen-bond acceptors (Lipinski definition) is 2. The molecule has 0 radical (unpaired) electrons. The molecule has 0 aromatic carbocycles. The van der Waals surface area contributed by atoms with Crippen molar-refractivity contribution in [1.82, 2.24) is 0 Å². The smallest absolute Gasteiger partial charge is 0.183 e. The molecule has 0 atom stereocenters. The highest BCUT2D eigenvalue weighted by molar-refractivity contribution is 6.70. The Kier molecular flexibility index (Phi) is 6.20. The Morgan fingerprint density at radius 1 is 0.643 bits per heavy atom. The Morgan fingerprint density at radius 3 is 1.14 bits per heavy atom. The van der Waals surface area contributed by atoms with Gasteiger partial charge < -0.3 is 8.85 Å². The van der Waals surface area contributed by atoms with Crippen LogP contribution in [0.2, 0.25) is 39.3 Å². The fourth-order valence-electron chi connectivity index (χ4n) is 0.961. The van der Waals surface area contributed by atoms with Crippen molar-refractivity contribution in [2.75, 3.05) is 13.2 Å². The maximum Gasteiger partial charge on any atom is 0.183 e. The number of unbranched alkanes of at least 4 members (excludes halogenated alkanes) is 1. The summed E-state index contributed by atoms with van der Waals surface area (Å²) in [6.45, 7) is 15.2. The second-order valence-electron chi connectivity index (χ2n) is 5.63. The molecule has 0 aliphatic carbocycles. The zero-order chi connectivity index (χ0) is 11.2. The molecule has 0 heterocycles. The van der Waals surface area contributed by atoms with E-state index < -0.39 is 16.6 Å². The van der Waals surface area contributed by atoms with E-state index >= 15 is 0 Å². The second-order valence-corrected chi connectivity index (χ2v) is 14.7. The summed E-state index contributed by atoms with van der Waals surface area (Å²) < 4.78 is 11.5. The zero-order valence-corrected chi connectivity index (χ0v) is 12.6. The normalized spacial score (nSPS) is 13.3. The monoisotopic (exact) mass is 234 g/mol. The summed E-state index contributed by atoms with van der Waals surface area (Å²) in [4.78, 5) is 0. The van der Waals surface area contributed by atoms with Crippen molar-refractivity contribution in [2.24, 2.45) is 0 Å². The molecule has 0 amide bonds. The van der Waals surface area contributed by atoms with Gasteiger partial charge in [-0.15, -0.1) is 0 Å². The van der Waals surface area contributed by atoms with Crippen LogP contribution in [0.5, 0.6) is 0 Å². The van der Waals surface area contributed by atoms with Crippen LogP contribution in [0.25, 0.3) is 0 Å². The Bertz CT molecular complexity index is 129. The van der Waals surface area contributed by atoms with Gasteiger partial charge in [0.1, 0.15) is 0 Å². The van der Waals surface area contributed by atoms with Crippen LogP contribution in [-0.4, -0.2) is 29.8 Å². The summed E-state index contributed by atoms with van der Waals surface area (Å²) in [6, 6.07) is 0. The maximum absolute atomic E-state index is 5.76. The van der Waals surface area contributed by atoms with E-state index in [0.29, 0.717) is 0 Å². The quantitative estimate of drug-likeness (QED) is 0.496. The standard InChI is InChI=1S/C10H26O2Si2/c1-13(2,3)11-9-7-8-10-12-14(4,5)6/h7-10H2,1-6H3. The topological polar surface area (TPSA) is 18.5 Å². The molecule has 0 saturated carbocycles. The highest BCUT2D eigenvalue weighted by atomic mass is 28.4. The van der Waals surface area contributed by atoms with Crippen LogP contribution in [0.15, 0.2) is 0 Å². The minimum Gasteiger partial charge on any atom is -0.418 e. The average Bonchev–Trinajstić information content (AvgIpc) is 1.92. The van der Waals surface area contributed by atoms with Gasteiger partial charge in [0, 0.05) is 13.2 Å². The zero-order valence-electron chi connectivity index (χ0n) is 10.6. The van der Waals surface area contributed by atoms with Gasteiger partial charge in [-0.25, -0.2) is 0 Å². The minimum absolute atomic E-state index is 0.908. The molecule has 0 rings (SSSR count). The van der Waals surface area contributed by atoms with Crippen LogP contribution >= 0.6 is 0 Å². The third kappa shape index (κ3) is 12.4. The molecular formula is C10H26O2Si2. The summed E-state index contributed by atoms with van der Waals surface area (Å²) in [6.07, 6.45) is 2.27. The summed E-state index contributed by atoms with van der Waals surface area (Å²) in [5, 5.41) is 0. The minimum atomic E-state index is -1.29. The lowest BCUT2D eigenvalue weighted by molar-refractivity contribution is 0.259. The molecule has 0 bridgehead atoms. The summed E-state index contributed by atoms with van der Waals surface area (Å²) in [5.41, 5.74) is 0. The molecule has 0 N–H and O–H groups in total. The van der Waals surface area contributed by atoms with Crippen LogP contribution < -0.4 is 0 Å². The van der Waals surface area contributed by atoms with Gasteiger partial charge >= 0.3 is 0 Å². The van der Waals surface area contributed by atoms with Gasteiger partial charge in [-0.2, -0.15) is 0 Å². The van der Waals surface area contributed by atoms with Crippen molar-refractivity contribution < 1.29 is 8.85 Å². The van der Waals surface area contributed by atoms with Crippen molar-refractivity contribution in [3.8, 4) is 0 Å². The highest BCUT2D eigenvalue weighted by Gasteiger charge is 2.14.